The molecule has 1 saturated heterocycles. The number of amides is 1. The van der Waals surface area contributed by atoms with Gasteiger partial charge in [0.2, 0.25) is 0 Å². The molecule has 0 atom stereocenters. The summed E-state index contributed by atoms with van der Waals surface area (Å²) in [6.07, 6.45) is 0. The van der Waals surface area contributed by atoms with E-state index in [0.717, 1.165) is 48.8 Å². The van der Waals surface area contributed by atoms with Crippen LogP contribution in [0.4, 0.5) is 0 Å². The second-order valence-electron chi connectivity index (χ2n) is 7.15. The minimum Gasteiger partial charge on any atom is -0.370 e. The van der Waals surface area contributed by atoms with Gasteiger partial charge in [0.25, 0.3) is 5.91 Å². The smallest absolute Gasteiger partial charge is 0.268 e. The number of aromatic nitrogens is 1. The lowest BCUT2D eigenvalue weighted by Gasteiger charge is -2.23. The van der Waals surface area contributed by atoms with Crippen LogP contribution in [-0.2, 0) is 11.3 Å². The summed E-state index contributed by atoms with van der Waals surface area (Å²) in [5.41, 5.74) is 3.20. The highest BCUT2D eigenvalue weighted by Crippen LogP contribution is 2.26. The number of quaternary nitrogens is 1. The Kier molecular flexibility index (Phi) is 5.57. The summed E-state index contributed by atoms with van der Waals surface area (Å²) in [5, 5.41) is 6.33. The first kappa shape index (κ1) is 18.2. The van der Waals surface area contributed by atoms with Gasteiger partial charge >= 0.3 is 0 Å². The van der Waals surface area contributed by atoms with Crippen LogP contribution in [-0.4, -0.2) is 49.9 Å². The normalized spacial score (nSPS) is 15.3. The molecule has 0 spiro atoms. The Balaban J connectivity index is 1.47. The summed E-state index contributed by atoms with van der Waals surface area (Å²) in [4.78, 5) is 15.5. The molecule has 1 aliphatic rings. The van der Waals surface area contributed by atoms with Gasteiger partial charge in [0, 0.05) is 11.9 Å². The lowest BCUT2D eigenvalue weighted by molar-refractivity contribution is -0.906. The fourth-order valence-corrected chi connectivity index (χ4v) is 4.45. The number of hydrogen-bond donors (Lipinski definition) is 2. The number of morpholine rings is 1. The molecule has 5 nitrogen and oxygen atoms in total. The van der Waals surface area contributed by atoms with E-state index in [1.807, 2.05) is 6.07 Å². The highest BCUT2D eigenvalue weighted by Gasteiger charge is 2.18. The summed E-state index contributed by atoms with van der Waals surface area (Å²) >= 11 is 1.69. The number of fused-ring (bicyclic) bond motifs is 1. The average molecular weight is 385 g/mol. The van der Waals surface area contributed by atoms with Crippen molar-refractivity contribution < 1.29 is 14.4 Å². The van der Waals surface area contributed by atoms with Crippen molar-refractivity contribution in [3.8, 4) is 0 Å². The first-order chi connectivity index (χ1) is 13.2. The van der Waals surface area contributed by atoms with E-state index in [9.17, 15) is 4.79 Å². The molecule has 3 heterocycles. The quantitative estimate of drug-likeness (QED) is 0.680. The summed E-state index contributed by atoms with van der Waals surface area (Å²) < 4.78 is 7.53. The number of rotatable bonds is 6. The van der Waals surface area contributed by atoms with Crippen molar-refractivity contribution in [1.82, 2.24) is 9.88 Å². The predicted molar refractivity (Wildman–Crippen MR) is 109 cm³/mol. The molecule has 1 aromatic carbocycles. The lowest BCUT2D eigenvalue weighted by atomic mass is 10.1. The maximum Gasteiger partial charge on any atom is 0.268 e. The van der Waals surface area contributed by atoms with Gasteiger partial charge in [-0.2, -0.15) is 0 Å². The number of nitrogens with one attached hydrogen (secondary N) is 2. The third-order valence-corrected chi connectivity index (χ3v) is 6.11. The van der Waals surface area contributed by atoms with Gasteiger partial charge in [0.05, 0.1) is 26.3 Å². The van der Waals surface area contributed by atoms with Gasteiger partial charge in [-0.25, -0.2) is 0 Å². The average Bonchev–Trinajstić information content (AvgIpc) is 3.27. The van der Waals surface area contributed by atoms with E-state index in [0.29, 0.717) is 13.1 Å². The van der Waals surface area contributed by atoms with E-state index in [2.05, 4.69) is 52.5 Å². The number of hydrogen-bond acceptors (Lipinski definition) is 3. The second-order valence-corrected chi connectivity index (χ2v) is 8.05. The summed E-state index contributed by atoms with van der Waals surface area (Å²) in [7, 11) is 0. The summed E-state index contributed by atoms with van der Waals surface area (Å²) in [6.45, 7) is 8.12. The minimum absolute atomic E-state index is 0.0122. The van der Waals surface area contributed by atoms with E-state index < -0.39 is 0 Å². The van der Waals surface area contributed by atoms with Crippen LogP contribution in [0.15, 0.2) is 41.8 Å². The van der Waals surface area contributed by atoms with Gasteiger partial charge in [-0.3, -0.25) is 4.79 Å². The zero-order valence-electron chi connectivity index (χ0n) is 15.7. The summed E-state index contributed by atoms with van der Waals surface area (Å²) in [5.74, 6) is 0.0122. The number of aryl methyl sites for hydroxylation is 1. The van der Waals surface area contributed by atoms with E-state index in [4.69, 9.17) is 4.74 Å². The molecule has 0 bridgehead atoms. The Morgan fingerprint density at radius 1 is 1.22 bits per heavy atom. The van der Waals surface area contributed by atoms with Crippen LogP contribution < -0.4 is 10.2 Å². The third-order valence-electron chi connectivity index (χ3n) is 5.16. The maximum absolute atomic E-state index is 12.9. The molecular formula is C21H26N3O2S+. The molecular weight excluding hydrogens is 358 g/mol. The zero-order chi connectivity index (χ0) is 18.6. The van der Waals surface area contributed by atoms with Crippen LogP contribution in [0.3, 0.4) is 0 Å². The van der Waals surface area contributed by atoms with Crippen LogP contribution in [0.25, 0.3) is 10.2 Å². The molecule has 1 aliphatic heterocycles. The number of nitrogens with zero attached hydrogens (tertiary/aromatic N) is 1. The van der Waals surface area contributed by atoms with E-state index >= 15 is 0 Å². The SMILES string of the molecule is Cc1ccc(Cn2c(C(=O)NCC[NH+]3CCOCC3)cc3ccsc32)cc1. The molecule has 2 N–H and O–H groups in total. The van der Waals surface area contributed by atoms with Crippen LogP contribution >= 0.6 is 11.3 Å². The number of carbonyl (C=O) groups excluding carboxylic acids is 1. The fourth-order valence-electron chi connectivity index (χ4n) is 3.55. The highest BCUT2D eigenvalue weighted by atomic mass is 32.1. The molecule has 3 aromatic rings. The molecule has 1 fully saturated rings. The second kappa shape index (κ2) is 8.25. The highest BCUT2D eigenvalue weighted by molar-refractivity contribution is 7.16. The van der Waals surface area contributed by atoms with Crippen molar-refractivity contribution in [1.29, 1.82) is 0 Å². The van der Waals surface area contributed by atoms with E-state index in [1.54, 1.807) is 11.3 Å². The van der Waals surface area contributed by atoms with Crippen molar-refractivity contribution in [2.45, 2.75) is 13.5 Å². The fraction of sp³-hybridized carbons (Fsp3) is 0.381. The molecule has 0 saturated carbocycles. The summed E-state index contributed by atoms with van der Waals surface area (Å²) in [6, 6.07) is 12.6. The van der Waals surface area contributed by atoms with Gasteiger partial charge < -0.3 is 19.5 Å². The Hall–Kier alpha value is -2.15. The standard InChI is InChI=1S/C21H25N3O2S/c1-16-2-4-17(5-3-16)15-24-19(14-18-6-13-27-21(18)24)20(25)22-7-8-23-9-11-26-12-10-23/h2-6,13-14H,7-12,15H2,1H3,(H,22,25)/p+1. The van der Waals surface area contributed by atoms with Crippen LogP contribution in [0.2, 0.25) is 0 Å². The Morgan fingerprint density at radius 3 is 2.78 bits per heavy atom. The Bertz CT molecular complexity index is 907. The zero-order valence-corrected chi connectivity index (χ0v) is 16.5. The molecule has 27 heavy (non-hydrogen) atoms. The largest absolute Gasteiger partial charge is 0.370 e. The Labute approximate surface area is 163 Å². The molecule has 6 heteroatoms. The lowest BCUT2D eigenvalue weighted by Crippen LogP contribution is -3.14. The number of carbonyl (C=O) groups is 1. The van der Waals surface area contributed by atoms with Crippen molar-refractivity contribution in [2.24, 2.45) is 0 Å². The molecule has 0 radical (unpaired) electrons. The van der Waals surface area contributed by atoms with Crippen molar-refractivity contribution >= 4 is 27.5 Å². The van der Waals surface area contributed by atoms with Crippen molar-refractivity contribution in [2.75, 3.05) is 39.4 Å². The van der Waals surface area contributed by atoms with Crippen LogP contribution in [0.5, 0.6) is 0 Å². The molecule has 142 valence electrons. The number of benzene rings is 1. The molecule has 4 rings (SSSR count). The molecule has 0 unspecified atom stereocenters. The molecule has 0 aliphatic carbocycles. The van der Waals surface area contributed by atoms with Crippen molar-refractivity contribution in [3.63, 3.8) is 0 Å². The van der Waals surface area contributed by atoms with E-state index in [-0.39, 0.29) is 5.91 Å². The van der Waals surface area contributed by atoms with Gasteiger partial charge in [0.1, 0.15) is 23.6 Å². The van der Waals surface area contributed by atoms with Crippen molar-refractivity contribution in [3.05, 3.63) is 58.6 Å². The maximum atomic E-state index is 12.9. The first-order valence-corrected chi connectivity index (χ1v) is 10.4. The Morgan fingerprint density at radius 2 is 2.00 bits per heavy atom. The van der Waals surface area contributed by atoms with Crippen LogP contribution in [0, 0.1) is 6.92 Å². The topological polar surface area (TPSA) is 47.7 Å². The van der Waals surface area contributed by atoms with Gasteiger partial charge in [0.15, 0.2) is 0 Å². The van der Waals surface area contributed by atoms with E-state index in [1.165, 1.54) is 16.0 Å². The first-order valence-electron chi connectivity index (χ1n) is 9.52. The minimum atomic E-state index is 0.0122. The molecule has 2 aromatic heterocycles. The van der Waals surface area contributed by atoms with Gasteiger partial charge in [-0.1, -0.05) is 29.8 Å². The van der Waals surface area contributed by atoms with Gasteiger partial charge in [-0.05, 0) is 30.0 Å². The number of ether oxygens (including phenoxy) is 1. The number of thiophene rings is 1. The van der Waals surface area contributed by atoms with Gasteiger partial charge in [-0.15, -0.1) is 11.3 Å². The molecule has 1 amide bonds. The van der Waals surface area contributed by atoms with Crippen LogP contribution in [0.1, 0.15) is 21.6 Å². The third kappa shape index (κ3) is 4.24. The monoisotopic (exact) mass is 384 g/mol. The predicted octanol–water partition coefficient (Wildman–Crippen LogP) is 1.70.